The van der Waals surface area contributed by atoms with Crippen LogP contribution in [0.4, 0.5) is 0 Å². The molecule has 27 heavy (non-hydrogen) atoms. The molecule has 2 aromatic rings. The summed E-state index contributed by atoms with van der Waals surface area (Å²) in [5.74, 6) is 3.67. The molecule has 0 radical (unpaired) electrons. The Bertz CT molecular complexity index is 719. The highest BCUT2D eigenvalue weighted by atomic mass is 127. The highest BCUT2D eigenvalue weighted by Gasteiger charge is 2.24. The number of halogens is 1. The second-order valence-corrected chi connectivity index (χ2v) is 8.09. The van der Waals surface area contributed by atoms with Gasteiger partial charge in [-0.25, -0.2) is 14.7 Å². The van der Waals surface area contributed by atoms with Crippen molar-refractivity contribution in [3.8, 4) is 5.82 Å². The van der Waals surface area contributed by atoms with Crippen LogP contribution in [-0.4, -0.2) is 56.3 Å². The molecule has 1 N–H and O–H groups in total. The molecule has 6 nitrogen and oxygen atoms in total. The monoisotopic (exact) mass is 500 g/mol. The first-order chi connectivity index (χ1) is 12.7. The minimum Gasteiger partial charge on any atom is -0.357 e. The number of thioether (sulfide) groups is 1. The van der Waals surface area contributed by atoms with Crippen molar-refractivity contribution in [1.29, 1.82) is 0 Å². The maximum absolute atomic E-state index is 4.89. The number of aliphatic imine (C=N–C) groups is 1. The summed E-state index contributed by atoms with van der Waals surface area (Å²) >= 11 is 2.08. The SMILES string of the molecule is CCNC(=NCc1ccnc(-n2cccn2)c1)N1CCSC(C(C)C)C1.I. The fraction of sp³-hybridized carbons (Fsp3) is 0.526. The zero-order valence-electron chi connectivity index (χ0n) is 16.2. The van der Waals surface area contributed by atoms with Crippen molar-refractivity contribution in [3.05, 3.63) is 42.4 Å². The molecule has 1 saturated heterocycles. The lowest BCUT2D eigenvalue weighted by atomic mass is 10.1. The van der Waals surface area contributed by atoms with E-state index < -0.39 is 0 Å². The van der Waals surface area contributed by atoms with E-state index in [4.69, 9.17) is 4.99 Å². The topological polar surface area (TPSA) is 58.3 Å². The van der Waals surface area contributed by atoms with Crippen molar-refractivity contribution < 1.29 is 0 Å². The van der Waals surface area contributed by atoms with Gasteiger partial charge in [-0.2, -0.15) is 16.9 Å². The molecule has 0 spiro atoms. The van der Waals surface area contributed by atoms with Gasteiger partial charge in [0.25, 0.3) is 0 Å². The lowest BCUT2D eigenvalue weighted by molar-refractivity contribution is 0.381. The van der Waals surface area contributed by atoms with Gasteiger partial charge >= 0.3 is 0 Å². The minimum atomic E-state index is 0. The lowest BCUT2D eigenvalue weighted by Crippen LogP contribution is -2.49. The molecular formula is C19H29IN6S. The van der Waals surface area contributed by atoms with Crippen LogP contribution in [0.1, 0.15) is 26.3 Å². The average Bonchev–Trinajstić information content (AvgIpc) is 3.20. The molecule has 3 rings (SSSR count). The Morgan fingerprint density at radius 2 is 2.26 bits per heavy atom. The van der Waals surface area contributed by atoms with E-state index in [1.54, 1.807) is 10.9 Å². The summed E-state index contributed by atoms with van der Waals surface area (Å²) in [5, 5.41) is 8.37. The first-order valence-corrected chi connectivity index (χ1v) is 10.3. The molecule has 2 aromatic heterocycles. The largest absolute Gasteiger partial charge is 0.357 e. The van der Waals surface area contributed by atoms with E-state index in [0.29, 0.717) is 17.7 Å². The van der Waals surface area contributed by atoms with Crippen LogP contribution in [0.5, 0.6) is 0 Å². The zero-order valence-corrected chi connectivity index (χ0v) is 19.4. The Balaban J connectivity index is 0.00000261. The van der Waals surface area contributed by atoms with E-state index in [1.807, 2.05) is 30.6 Å². The third kappa shape index (κ3) is 6.10. The van der Waals surface area contributed by atoms with Gasteiger partial charge in [0.2, 0.25) is 0 Å². The van der Waals surface area contributed by atoms with Gasteiger partial charge in [-0.05, 0) is 36.6 Å². The van der Waals surface area contributed by atoms with Gasteiger partial charge < -0.3 is 10.2 Å². The first kappa shape index (κ1) is 22.0. The quantitative estimate of drug-likeness (QED) is 0.388. The summed E-state index contributed by atoms with van der Waals surface area (Å²) in [5.41, 5.74) is 1.13. The summed E-state index contributed by atoms with van der Waals surface area (Å²) in [6, 6.07) is 5.96. The molecule has 148 valence electrons. The molecule has 0 aliphatic carbocycles. The smallest absolute Gasteiger partial charge is 0.194 e. The molecule has 0 bridgehead atoms. The van der Waals surface area contributed by atoms with Crippen LogP contribution in [0, 0.1) is 5.92 Å². The highest BCUT2D eigenvalue weighted by molar-refractivity contribution is 14.0. The number of nitrogens with zero attached hydrogens (tertiary/aromatic N) is 5. The predicted molar refractivity (Wildman–Crippen MR) is 124 cm³/mol. The second kappa shape index (κ2) is 10.9. The maximum Gasteiger partial charge on any atom is 0.194 e. The zero-order chi connectivity index (χ0) is 18.4. The highest BCUT2D eigenvalue weighted by Crippen LogP contribution is 2.25. The summed E-state index contributed by atoms with van der Waals surface area (Å²) in [4.78, 5) is 11.7. The van der Waals surface area contributed by atoms with Gasteiger partial charge in [-0.15, -0.1) is 24.0 Å². The van der Waals surface area contributed by atoms with Crippen molar-refractivity contribution in [1.82, 2.24) is 25.0 Å². The van der Waals surface area contributed by atoms with Crippen molar-refractivity contribution in [2.75, 3.05) is 25.4 Å². The Labute approximate surface area is 183 Å². The molecule has 0 amide bonds. The van der Waals surface area contributed by atoms with Crippen LogP contribution in [0.3, 0.4) is 0 Å². The number of aromatic nitrogens is 3. The van der Waals surface area contributed by atoms with E-state index in [0.717, 1.165) is 42.7 Å². The minimum absolute atomic E-state index is 0. The van der Waals surface area contributed by atoms with Crippen LogP contribution in [-0.2, 0) is 6.54 Å². The number of guanidine groups is 1. The summed E-state index contributed by atoms with van der Waals surface area (Å²) < 4.78 is 1.77. The molecular weight excluding hydrogens is 471 g/mol. The van der Waals surface area contributed by atoms with Gasteiger partial charge in [0.15, 0.2) is 11.8 Å². The number of nitrogens with one attached hydrogen (secondary N) is 1. The predicted octanol–water partition coefficient (Wildman–Crippen LogP) is 3.42. The number of rotatable bonds is 5. The Morgan fingerprint density at radius 1 is 1.41 bits per heavy atom. The fourth-order valence-electron chi connectivity index (χ4n) is 2.95. The van der Waals surface area contributed by atoms with Crippen molar-refractivity contribution >= 4 is 41.7 Å². The normalized spacial score (nSPS) is 17.7. The maximum atomic E-state index is 4.89. The molecule has 1 aliphatic heterocycles. The van der Waals surface area contributed by atoms with Crippen molar-refractivity contribution in [3.63, 3.8) is 0 Å². The fourth-order valence-corrected chi connectivity index (χ4v) is 4.25. The molecule has 8 heteroatoms. The lowest BCUT2D eigenvalue weighted by Gasteiger charge is -2.36. The van der Waals surface area contributed by atoms with Gasteiger partial charge in [0.05, 0.1) is 6.54 Å². The third-order valence-corrected chi connectivity index (χ3v) is 5.97. The van der Waals surface area contributed by atoms with Crippen LogP contribution in [0.25, 0.3) is 5.82 Å². The molecule has 1 unspecified atom stereocenters. The van der Waals surface area contributed by atoms with Gasteiger partial charge in [-0.3, -0.25) is 0 Å². The standard InChI is InChI=1S/C19H28N6S.HI/c1-4-20-19(24-10-11-26-17(14-24)15(2)3)22-13-16-6-8-21-18(12-16)25-9-5-7-23-25;/h5-9,12,15,17H,4,10-11,13-14H2,1-3H3,(H,20,22);1H. The Kier molecular flexibility index (Phi) is 8.88. The van der Waals surface area contributed by atoms with Crippen LogP contribution < -0.4 is 5.32 Å². The Hall–Kier alpha value is -1.29. The molecule has 1 aliphatic rings. The number of pyridine rings is 1. The van der Waals surface area contributed by atoms with Crippen LogP contribution in [0.2, 0.25) is 0 Å². The first-order valence-electron chi connectivity index (χ1n) is 9.27. The van der Waals surface area contributed by atoms with E-state index in [1.165, 1.54) is 0 Å². The van der Waals surface area contributed by atoms with Crippen LogP contribution in [0.15, 0.2) is 41.8 Å². The average molecular weight is 500 g/mol. The van der Waals surface area contributed by atoms with Crippen molar-refractivity contribution in [2.24, 2.45) is 10.9 Å². The second-order valence-electron chi connectivity index (χ2n) is 6.74. The van der Waals surface area contributed by atoms with Gasteiger partial charge in [0, 0.05) is 49.2 Å². The molecule has 1 atom stereocenters. The molecule has 0 saturated carbocycles. The molecule has 0 aromatic carbocycles. The van der Waals surface area contributed by atoms with E-state index in [-0.39, 0.29) is 24.0 Å². The van der Waals surface area contributed by atoms with E-state index in [2.05, 4.69) is 52.8 Å². The summed E-state index contributed by atoms with van der Waals surface area (Å²) in [6.07, 6.45) is 5.48. The molecule has 1 fully saturated rings. The van der Waals surface area contributed by atoms with E-state index in [9.17, 15) is 0 Å². The van der Waals surface area contributed by atoms with Crippen LogP contribution >= 0.6 is 35.7 Å². The van der Waals surface area contributed by atoms with Crippen molar-refractivity contribution in [2.45, 2.75) is 32.6 Å². The van der Waals surface area contributed by atoms with Gasteiger partial charge in [-0.1, -0.05) is 13.8 Å². The molecule has 3 heterocycles. The number of hydrogen-bond donors (Lipinski definition) is 1. The number of hydrogen-bond acceptors (Lipinski definition) is 4. The summed E-state index contributed by atoms with van der Waals surface area (Å²) in [7, 11) is 0. The Morgan fingerprint density at radius 3 is 2.96 bits per heavy atom. The van der Waals surface area contributed by atoms with E-state index >= 15 is 0 Å². The summed E-state index contributed by atoms with van der Waals surface area (Å²) in [6.45, 7) is 10.4. The third-order valence-electron chi connectivity index (χ3n) is 4.43. The van der Waals surface area contributed by atoms with Gasteiger partial charge in [0.1, 0.15) is 0 Å².